The quantitative estimate of drug-likeness (QED) is 0.898. The number of Topliss-reactive ketones (excluding diaryl/α,β-unsaturated/α-hetero) is 1. The van der Waals surface area contributed by atoms with Gasteiger partial charge in [-0.2, -0.15) is 0 Å². The van der Waals surface area contributed by atoms with Crippen molar-refractivity contribution in [2.75, 3.05) is 6.54 Å². The number of rotatable bonds is 5. The Morgan fingerprint density at radius 3 is 2.95 bits per heavy atom. The molecular formula is C16H21NO3. The number of benzene rings is 1. The molecule has 1 atom stereocenters. The van der Waals surface area contributed by atoms with Crippen LogP contribution in [-0.4, -0.2) is 24.3 Å². The summed E-state index contributed by atoms with van der Waals surface area (Å²) in [5.74, 6) is 0.709. The fourth-order valence-electron chi connectivity index (χ4n) is 2.39. The van der Waals surface area contributed by atoms with Gasteiger partial charge in [0.25, 0.3) is 5.91 Å². The zero-order valence-electron chi connectivity index (χ0n) is 12.1. The van der Waals surface area contributed by atoms with Crippen LogP contribution in [0.4, 0.5) is 0 Å². The Kier molecular flexibility index (Phi) is 4.77. The molecule has 4 nitrogen and oxygen atoms in total. The molecule has 1 aromatic rings. The largest absolute Gasteiger partial charge is 0.481 e. The SMILES string of the molecule is CCCNC(=O)C(C)Oc1cccc2c1CCCC2=O. The minimum atomic E-state index is -0.551. The molecule has 0 aromatic heterocycles. The molecule has 0 saturated heterocycles. The Labute approximate surface area is 119 Å². The Bertz CT molecular complexity index is 510. The molecule has 1 N–H and O–H groups in total. The first-order chi connectivity index (χ1) is 9.63. The van der Waals surface area contributed by atoms with E-state index in [0.717, 1.165) is 30.4 Å². The topological polar surface area (TPSA) is 55.4 Å². The van der Waals surface area contributed by atoms with Crippen molar-refractivity contribution in [1.29, 1.82) is 0 Å². The highest BCUT2D eigenvalue weighted by Gasteiger charge is 2.22. The molecule has 1 aliphatic carbocycles. The molecule has 1 unspecified atom stereocenters. The van der Waals surface area contributed by atoms with Crippen LogP contribution in [0, 0.1) is 0 Å². The minimum absolute atomic E-state index is 0.119. The lowest BCUT2D eigenvalue weighted by atomic mass is 9.90. The van der Waals surface area contributed by atoms with Crippen LogP contribution in [0.2, 0.25) is 0 Å². The van der Waals surface area contributed by atoms with Gasteiger partial charge >= 0.3 is 0 Å². The molecular weight excluding hydrogens is 254 g/mol. The van der Waals surface area contributed by atoms with Crippen LogP contribution in [0.1, 0.15) is 49.0 Å². The van der Waals surface area contributed by atoms with Gasteiger partial charge in [0, 0.05) is 24.1 Å². The maximum absolute atomic E-state index is 11.9. The first-order valence-electron chi connectivity index (χ1n) is 7.23. The molecule has 1 aliphatic rings. The van der Waals surface area contributed by atoms with Gasteiger partial charge < -0.3 is 10.1 Å². The molecule has 0 bridgehead atoms. The third-order valence-electron chi connectivity index (χ3n) is 3.49. The van der Waals surface area contributed by atoms with Crippen molar-refractivity contribution in [3.63, 3.8) is 0 Å². The summed E-state index contributed by atoms with van der Waals surface area (Å²) in [6, 6.07) is 5.49. The van der Waals surface area contributed by atoms with Crippen molar-refractivity contribution in [2.24, 2.45) is 0 Å². The van der Waals surface area contributed by atoms with Crippen molar-refractivity contribution >= 4 is 11.7 Å². The molecule has 0 saturated carbocycles. The molecule has 4 heteroatoms. The average molecular weight is 275 g/mol. The van der Waals surface area contributed by atoms with Crippen LogP contribution in [-0.2, 0) is 11.2 Å². The van der Waals surface area contributed by atoms with E-state index in [9.17, 15) is 9.59 Å². The van der Waals surface area contributed by atoms with Crippen molar-refractivity contribution < 1.29 is 14.3 Å². The van der Waals surface area contributed by atoms with E-state index in [2.05, 4.69) is 5.32 Å². The number of hydrogen-bond donors (Lipinski definition) is 1. The lowest BCUT2D eigenvalue weighted by Crippen LogP contribution is -2.36. The summed E-state index contributed by atoms with van der Waals surface area (Å²) < 4.78 is 5.76. The van der Waals surface area contributed by atoms with Crippen LogP contribution in [0.3, 0.4) is 0 Å². The van der Waals surface area contributed by atoms with Gasteiger partial charge in [-0.15, -0.1) is 0 Å². The Hall–Kier alpha value is -1.84. The van der Waals surface area contributed by atoms with Gasteiger partial charge in [-0.25, -0.2) is 0 Å². The molecule has 20 heavy (non-hydrogen) atoms. The fraction of sp³-hybridized carbons (Fsp3) is 0.500. The lowest BCUT2D eigenvalue weighted by molar-refractivity contribution is -0.127. The molecule has 0 spiro atoms. The summed E-state index contributed by atoms with van der Waals surface area (Å²) in [5, 5.41) is 2.81. The number of ether oxygens (including phenoxy) is 1. The molecule has 0 heterocycles. The summed E-state index contributed by atoms with van der Waals surface area (Å²) in [7, 11) is 0. The summed E-state index contributed by atoms with van der Waals surface area (Å²) >= 11 is 0. The van der Waals surface area contributed by atoms with Gasteiger partial charge in [-0.1, -0.05) is 19.1 Å². The van der Waals surface area contributed by atoms with Gasteiger partial charge in [0.2, 0.25) is 0 Å². The highest BCUT2D eigenvalue weighted by atomic mass is 16.5. The molecule has 1 amide bonds. The molecule has 1 aromatic carbocycles. The second kappa shape index (κ2) is 6.55. The molecule has 0 aliphatic heterocycles. The second-order valence-corrected chi connectivity index (χ2v) is 5.11. The van der Waals surface area contributed by atoms with Gasteiger partial charge in [0.15, 0.2) is 11.9 Å². The van der Waals surface area contributed by atoms with Gasteiger partial charge in [0.05, 0.1) is 0 Å². The molecule has 108 valence electrons. The summed E-state index contributed by atoms with van der Waals surface area (Å²) in [4.78, 5) is 23.7. The highest BCUT2D eigenvalue weighted by Crippen LogP contribution is 2.30. The monoisotopic (exact) mass is 275 g/mol. The van der Waals surface area contributed by atoms with Crippen LogP contribution < -0.4 is 10.1 Å². The summed E-state index contributed by atoms with van der Waals surface area (Å²) in [5.41, 5.74) is 1.69. The van der Waals surface area contributed by atoms with E-state index >= 15 is 0 Å². The number of amides is 1. The van der Waals surface area contributed by atoms with E-state index in [1.165, 1.54) is 0 Å². The predicted octanol–water partition coefficient (Wildman–Crippen LogP) is 2.50. The van der Waals surface area contributed by atoms with Gasteiger partial charge in [-0.3, -0.25) is 9.59 Å². The zero-order valence-corrected chi connectivity index (χ0v) is 12.1. The third-order valence-corrected chi connectivity index (χ3v) is 3.49. The molecule has 0 radical (unpaired) electrons. The van der Waals surface area contributed by atoms with Crippen LogP contribution >= 0.6 is 0 Å². The normalized spacial score (nSPS) is 15.4. The van der Waals surface area contributed by atoms with Crippen LogP contribution in [0.5, 0.6) is 5.75 Å². The van der Waals surface area contributed by atoms with Crippen molar-refractivity contribution in [2.45, 2.75) is 45.6 Å². The van der Waals surface area contributed by atoms with Crippen LogP contribution in [0.25, 0.3) is 0 Å². The average Bonchev–Trinajstić information content (AvgIpc) is 2.45. The van der Waals surface area contributed by atoms with E-state index in [4.69, 9.17) is 4.74 Å². The first kappa shape index (κ1) is 14.6. The predicted molar refractivity (Wildman–Crippen MR) is 77.1 cm³/mol. The van der Waals surface area contributed by atoms with E-state index in [0.29, 0.717) is 18.7 Å². The summed E-state index contributed by atoms with van der Waals surface area (Å²) in [6.45, 7) is 4.39. The van der Waals surface area contributed by atoms with Crippen molar-refractivity contribution in [3.8, 4) is 5.75 Å². The Morgan fingerprint density at radius 2 is 2.20 bits per heavy atom. The number of ketones is 1. The lowest BCUT2D eigenvalue weighted by Gasteiger charge is -2.21. The van der Waals surface area contributed by atoms with Gasteiger partial charge in [-0.05, 0) is 32.3 Å². The maximum atomic E-state index is 11.9. The van der Waals surface area contributed by atoms with Crippen molar-refractivity contribution in [3.05, 3.63) is 29.3 Å². The Balaban J connectivity index is 2.12. The van der Waals surface area contributed by atoms with Crippen LogP contribution in [0.15, 0.2) is 18.2 Å². The van der Waals surface area contributed by atoms with E-state index in [-0.39, 0.29) is 11.7 Å². The Morgan fingerprint density at radius 1 is 1.40 bits per heavy atom. The van der Waals surface area contributed by atoms with E-state index in [1.54, 1.807) is 6.92 Å². The number of fused-ring (bicyclic) bond motifs is 1. The zero-order chi connectivity index (χ0) is 14.5. The summed E-state index contributed by atoms with van der Waals surface area (Å²) in [6.07, 6.45) is 2.63. The molecule has 0 fully saturated rings. The number of nitrogens with one attached hydrogen (secondary N) is 1. The number of hydrogen-bond acceptors (Lipinski definition) is 3. The first-order valence-corrected chi connectivity index (χ1v) is 7.23. The highest BCUT2D eigenvalue weighted by molar-refractivity contribution is 5.99. The third kappa shape index (κ3) is 3.18. The smallest absolute Gasteiger partial charge is 0.260 e. The van der Waals surface area contributed by atoms with Gasteiger partial charge in [0.1, 0.15) is 5.75 Å². The molecule has 2 rings (SSSR count). The standard InChI is InChI=1S/C16H21NO3/c1-3-10-17-16(19)11(2)20-15-9-5-6-12-13(15)7-4-8-14(12)18/h5-6,9,11H,3-4,7-8,10H2,1-2H3,(H,17,19). The number of carbonyl (C=O) groups is 2. The number of carbonyl (C=O) groups excluding carboxylic acids is 2. The van der Waals surface area contributed by atoms with E-state index in [1.807, 2.05) is 25.1 Å². The fourth-order valence-corrected chi connectivity index (χ4v) is 2.39. The van der Waals surface area contributed by atoms with E-state index < -0.39 is 6.10 Å². The van der Waals surface area contributed by atoms with Crippen molar-refractivity contribution in [1.82, 2.24) is 5.32 Å². The maximum Gasteiger partial charge on any atom is 0.260 e. The minimum Gasteiger partial charge on any atom is -0.481 e. The second-order valence-electron chi connectivity index (χ2n) is 5.11.